The predicted octanol–water partition coefficient (Wildman–Crippen LogP) is 2.54. The lowest BCUT2D eigenvalue weighted by molar-refractivity contribution is -0.169. The first-order valence-corrected chi connectivity index (χ1v) is 7.77. The largest absolute Gasteiger partial charge is 0.441 e. The zero-order chi connectivity index (χ0) is 16.9. The van der Waals surface area contributed by atoms with Crippen LogP contribution in [0.3, 0.4) is 0 Å². The monoisotopic (exact) mass is 334 g/mol. The number of rotatable bonds is 2. The van der Waals surface area contributed by atoms with E-state index < -0.39 is 17.0 Å². The summed E-state index contributed by atoms with van der Waals surface area (Å²) < 4.78 is 37.5. The molecule has 3 heterocycles. The number of carbonyl (C=O) groups is 1. The van der Waals surface area contributed by atoms with Gasteiger partial charge in [0.25, 0.3) is 0 Å². The van der Waals surface area contributed by atoms with Crippen molar-refractivity contribution >= 4 is 5.91 Å². The Balaban J connectivity index is 1.59. The number of aromatic nitrogens is 1. The number of fused-ring (bicyclic) bond motifs is 1. The Morgan fingerprint density at radius 2 is 1.96 bits per heavy atom. The third-order valence-electron chi connectivity index (χ3n) is 4.48. The molecule has 1 aromatic heterocycles. The van der Waals surface area contributed by atoms with E-state index in [0.29, 0.717) is 44.2 Å². The Hall–Kier alpha value is -2.28. The molecule has 24 heavy (non-hydrogen) atoms. The van der Waals surface area contributed by atoms with Gasteiger partial charge in [-0.15, -0.1) is 0 Å². The van der Waals surface area contributed by atoms with E-state index in [4.69, 9.17) is 9.15 Å². The Morgan fingerprint density at radius 3 is 2.58 bits per heavy atom. The molecule has 1 saturated heterocycles. The molecule has 0 spiro atoms. The molecule has 2 aromatic rings. The van der Waals surface area contributed by atoms with Crippen LogP contribution in [-0.2, 0) is 22.5 Å². The molecule has 0 atom stereocenters. The Morgan fingerprint density at radius 1 is 1.25 bits per heavy atom. The van der Waals surface area contributed by atoms with Gasteiger partial charge in [0.05, 0.1) is 25.2 Å². The predicted molar refractivity (Wildman–Crippen MR) is 79.9 cm³/mol. The molecule has 1 aromatic carbocycles. The minimum Gasteiger partial charge on any atom is -0.441 e. The van der Waals surface area contributed by atoms with E-state index in [1.807, 2.05) is 6.92 Å². The summed E-state index contributed by atoms with van der Waals surface area (Å²) in [4.78, 5) is 18.6. The third kappa shape index (κ3) is 2.49. The molecule has 2 aliphatic heterocycles. The topological polar surface area (TPSA) is 55.6 Å². The van der Waals surface area contributed by atoms with Crippen molar-refractivity contribution in [1.82, 2.24) is 9.88 Å². The molecule has 126 valence electrons. The molecular formula is C17H16F2N2O3. The minimum atomic E-state index is -0.684. The van der Waals surface area contributed by atoms with Crippen molar-refractivity contribution in [3.05, 3.63) is 41.3 Å². The average molecular weight is 334 g/mol. The van der Waals surface area contributed by atoms with E-state index >= 15 is 0 Å². The second-order valence-corrected chi connectivity index (χ2v) is 6.58. The van der Waals surface area contributed by atoms with Crippen molar-refractivity contribution in [1.29, 1.82) is 0 Å². The number of carbonyl (C=O) groups excluding carboxylic acids is 1. The van der Waals surface area contributed by atoms with Crippen LogP contribution < -0.4 is 0 Å². The number of benzene rings is 1. The Labute approximate surface area is 137 Å². The molecule has 0 bridgehead atoms. The maximum atomic E-state index is 13.4. The summed E-state index contributed by atoms with van der Waals surface area (Å²) in [5, 5.41) is 0. The lowest BCUT2D eigenvalue weighted by atomic mass is 9.86. The standard InChI is InChI=1S/C17H16F2N2O3/c1-17(8-23-9-17)16(22)21-3-2-14-13(7-21)20-15(24-14)10-4-11(18)6-12(19)5-10/h4-6H,2-3,7-9H2,1H3. The van der Waals surface area contributed by atoms with Crippen molar-refractivity contribution in [2.45, 2.75) is 19.9 Å². The van der Waals surface area contributed by atoms with Crippen molar-refractivity contribution < 1.29 is 22.7 Å². The van der Waals surface area contributed by atoms with Crippen molar-refractivity contribution in [3.8, 4) is 11.5 Å². The average Bonchev–Trinajstić information content (AvgIpc) is 2.94. The summed E-state index contributed by atoms with van der Waals surface area (Å²) >= 11 is 0. The zero-order valence-corrected chi connectivity index (χ0v) is 13.1. The second-order valence-electron chi connectivity index (χ2n) is 6.58. The summed E-state index contributed by atoms with van der Waals surface area (Å²) in [5.41, 5.74) is 0.424. The van der Waals surface area contributed by atoms with E-state index in [0.717, 1.165) is 6.07 Å². The van der Waals surface area contributed by atoms with Crippen LogP contribution >= 0.6 is 0 Å². The summed E-state index contributed by atoms with van der Waals surface area (Å²) in [6.07, 6.45) is 0.531. The summed E-state index contributed by atoms with van der Waals surface area (Å²) in [6.45, 7) is 3.63. The molecular weight excluding hydrogens is 318 g/mol. The number of amides is 1. The minimum absolute atomic E-state index is 0.0424. The van der Waals surface area contributed by atoms with Crippen LogP contribution in [0.1, 0.15) is 18.4 Å². The lowest BCUT2D eigenvalue weighted by Gasteiger charge is -2.41. The highest BCUT2D eigenvalue weighted by molar-refractivity contribution is 5.83. The molecule has 4 rings (SSSR count). The van der Waals surface area contributed by atoms with Gasteiger partial charge in [0, 0.05) is 24.6 Å². The van der Waals surface area contributed by atoms with Crippen LogP contribution in [0.2, 0.25) is 0 Å². The van der Waals surface area contributed by atoms with Crippen LogP contribution in [0.15, 0.2) is 22.6 Å². The number of halogens is 2. The fourth-order valence-corrected chi connectivity index (χ4v) is 3.09. The third-order valence-corrected chi connectivity index (χ3v) is 4.48. The normalized spacial score (nSPS) is 18.9. The number of oxazole rings is 1. The van der Waals surface area contributed by atoms with Crippen LogP contribution in [0.25, 0.3) is 11.5 Å². The van der Waals surface area contributed by atoms with Gasteiger partial charge in [0.15, 0.2) is 0 Å². The van der Waals surface area contributed by atoms with Crippen LogP contribution in [0, 0.1) is 17.0 Å². The molecule has 2 aliphatic rings. The number of hydrogen-bond donors (Lipinski definition) is 0. The van der Waals surface area contributed by atoms with Crippen molar-refractivity contribution in [2.75, 3.05) is 19.8 Å². The SMILES string of the molecule is CC1(C(=O)N2CCc3oc(-c4cc(F)cc(F)c4)nc3C2)COC1. The van der Waals surface area contributed by atoms with E-state index in [-0.39, 0.29) is 17.4 Å². The maximum absolute atomic E-state index is 13.4. The van der Waals surface area contributed by atoms with Gasteiger partial charge in [-0.2, -0.15) is 0 Å². The number of ether oxygens (including phenoxy) is 1. The zero-order valence-electron chi connectivity index (χ0n) is 13.1. The van der Waals surface area contributed by atoms with Crippen LogP contribution in [0.4, 0.5) is 8.78 Å². The van der Waals surface area contributed by atoms with E-state index in [2.05, 4.69) is 4.98 Å². The van der Waals surface area contributed by atoms with Gasteiger partial charge >= 0.3 is 0 Å². The number of hydrogen-bond acceptors (Lipinski definition) is 4. The van der Waals surface area contributed by atoms with Crippen molar-refractivity contribution in [2.24, 2.45) is 5.41 Å². The highest BCUT2D eigenvalue weighted by atomic mass is 19.1. The van der Waals surface area contributed by atoms with E-state index in [1.165, 1.54) is 12.1 Å². The highest BCUT2D eigenvalue weighted by Crippen LogP contribution is 2.32. The van der Waals surface area contributed by atoms with Gasteiger partial charge in [-0.05, 0) is 19.1 Å². The van der Waals surface area contributed by atoms with E-state index in [1.54, 1.807) is 4.90 Å². The van der Waals surface area contributed by atoms with Gasteiger partial charge in [-0.25, -0.2) is 13.8 Å². The second kappa shape index (κ2) is 5.37. The molecule has 1 fully saturated rings. The van der Waals surface area contributed by atoms with Gasteiger partial charge in [0.2, 0.25) is 11.8 Å². The Bertz CT molecular complexity index is 794. The summed E-state index contributed by atoms with van der Waals surface area (Å²) in [7, 11) is 0. The smallest absolute Gasteiger partial charge is 0.233 e. The highest BCUT2D eigenvalue weighted by Gasteiger charge is 2.44. The fraction of sp³-hybridized carbons (Fsp3) is 0.412. The van der Waals surface area contributed by atoms with Gasteiger partial charge in [-0.3, -0.25) is 4.79 Å². The first-order valence-electron chi connectivity index (χ1n) is 7.77. The first kappa shape index (κ1) is 15.3. The number of nitrogens with zero attached hydrogens (tertiary/aromatic N) is 2. The van der Waals surface area contributed by atoms with Crippen LogP contribution in [-0.4, -0.2) is 35.5 Å². The van der Waals surface area contributed by atoms with Gasteiger partial charge in [-0.1, -0.05) is 0 Å². The van der Waals surface area contributed by atoms with Crippen molar-refractivity contribution in [3.63, 3.8) is 0 Å². The lowest BCUT2D eigenvalue weighted by Crippen LogP contribution is -2.54. The fourth-order valence-electron chi connectivity index (χ4n) is 3.09. The molecule has 0 aliphatic carbocycles. The molecule has 7 heteroatoms. The molecule has 0 saturated carbocycles. The summed E-state index contributed by atoms with van der Waals surface area (Å²) in [6, 6.07) is 3.15. The molecule has 0 unspecified atom stereocenters. The summed E-state index contributed by atoms with van der Waals surface area (Å²) in [5.74, 6) is -0.493. The molecule has 0 radical (unpaired) electrons. The first-order chi connectivity index (χ1) is 11.4. The Kier molecular flexibility index (Phi) is 3.42. The van der Waals surface area contributed by atoms with Gasteiger partial charge < -0.3 is 14.1 Å². The molecule has 0 N–H and O–H groups in total. The quantitative estimate of drug-likeness (QED) is 0.847. The molecule has 1 amide bonds. The van der Waals surface area contributed by atoms with Crippen LogP contribution in [0.5, 0.6) is 0 Å². The van der Waals surface area contributed by atoms with Gasteiger partial charge in [0.1, 0.15) is 23.1 Å². The maximum Gasteiger partial charge on any atom is 0.233 e. The molecule has 5 nitrogen and oxygen atoms in total. The van der Waals surface area contributed by atoms with E-state index in [9.17, 15) is 13.6 Å².